The van der Waals surface area contributed by atoms with Crippen molar-refractivity contribution in [3.8, 4) is 28.4 Å². The van der Waals surface area contributed by atoms with E-state index in [0.717, 1.165) is 11.1 Å². The number of carbonyl (C=O) groups is 1. The Balaban J connectivity index is 1.65. The van der Waals surface area contributed by atoms with Crippen LogP contribution in [0.3, 0.4) is 0 Å². The molecule has 0 saturated heterocycles. The summed E-state index contributed by atoms with van der Waals surface area (Å²) < 4.78 is 10.7. The maximum absolute atomic E-state index is 13.1. The number of nitrogens with one attached hydrogen (secondary N) is 3. The first-order valence-corrected chi connectivity index (χ1v) is 10.1. The summed E-state index contributed by atoms with van der Waals surface area (Å²) in [5.41, 5.74) is 4.57. The fraction of sp³-hybridized carbons (Fsp3) is 0.125. The van der Waals surface area contributed by atoms with Crippen LogP contribution in [0.1, 0.15) is 21.8 Å². The Morgan fingerprint density at radius 1 is 1.12 bits per heavy atom. The second kappa shape index (κ2) is 9.31. The molecule has 0 bridgehead atoms. The number of hydrogen-bond donors (Lipinski definition) is 3. The maximum Gasteiger partial charge on any atom is 0.261 e. The quantitative estimate of drug-likeness (QED) is 0.362. The molecule has 0 radical (unpaired) electrons. The average molecular weight is 442 g/mol. The van der Waals surface area contributed by atoms with Crippen molar-refractivity contribution in [3.05, 3.63) is 71.7 Å². The van der Waals surface area contributed by atoms with Crippen molar-refractivity contribution >= 4 is 23.5 Å². The lowest BCUT2D eigenvalue weighted by Crippen LogP contribution is -2.14. The highest BCUT2D eigenvalue weighted by molar-refractivity contribution is 6.09. The molecule has 0 spiro atoms. The summed E-state index contributed by atoms with van der Waals surface area (Å²) in [7, 11) is 3.24. The average Bonchev–Trinajstić information content (AvgIpc) is 3.25. The van der Waals surface area contributed by atoms with Crippen LogP contribution in [-0.4, -0.2) is 41.4 Å². The van der Waals surface area contributed by atoms with Crippen molar-refractivity contribution in [3.63, 3.8) is 0 Å². The third-order valence-corrected chi connectivity index (χ3v) is 5.06. The monoisotopic (exact) mass is 442 g/mol. The van der Waals surface area contributed by atoms with Gasteiger partial charge in [0.1, 0.15) is 28.4 Å². The Morgan fingerprint density at radius 3 is 2.61 bits per heavy atom. The van der Waals surface area contributed by atoms with Crippen LogP contribution < -0.4 is 15.4 Å². The van der Waals surface area contributed by atoms with Gasteiger partial charge in [0, 0.05) is 30.6 Å². The number of aromatic nitrogens is 3. The van der Waals surface area contributed by atoms with Gasteiger partial charge < -0.3 is 25.3 Å². The molecule has 0 aliphatic rings. The molecule has 3 heterocycles. The molecule has 9 heteroatoms. The molecule has 4 rings (SSSR count). The zero-order valence-corrected chi connectivity index (χ0v) is 18.3. The van der Waals surface area contributed by atoms with Crippen LogP contribution in [0.5, 0.6) is 5.88 Å². The van der Waals surface area contributed by atoms with Gasteiger partial charge in [-0.25, -0.2) is 4.98 Å². The lowest BCUT2D eigenvalue weighted by Gasteiger charge is -2.12. The van der Waals surface area contributed by atoms with E-state index in [1.807, 2.05) is 36.4 Å². The molecule has 166 valence electrons. The van der Waals surface area contributed by atoms with E-state index in [9.17, 15) is 4.79 Å². The van der Waals surface area contributed by atoms with E-state index in [-0.39, 0.29) is 11.8 Å². The standard InChI is InChI=1S/C24H22N6O3/c1-14-21(22(30-33-14)15-7-5-4-6-8-15)23(31)28-18-10-9-17(29-24(18)32-3)16-11-19(26-2)20(12-25)27-13-16/h4-13,25-26H,1-3H3,(H,28,31). The lowest BCUT2D eigenvalue weighted by atomic mass is 10.1. The number of amides is 1. The predicted octanol–water partition coefficient (Wildman–Crippen LogP) is 4.41. The third-order valence-electron chi connectivity index (χ3n) is 5.06. The van der Waals surface area contributed by atoms with E-state index in [2.05, 4.69) is 25.8 Å². The molecule has 3 N–H and O–H groups in total. The van der Waals surface area contributed by atoms with Gasteiger partial charge in [-0.05, 0) is 25.1 Å². The van der Waals surface area contributed by atoms with Crippen molar-refractivity contribution in [1.29, 1.82) is 5.41 Å². The Bertz CT molecular complexity index is 1320. The second-order valence-electron chi connectivity index (χ2n) is 7.09. The van der Waals surface area contributed by atoms with Crippen molar-refractivity contribution in [2.45, 2.75) is 6.92 Å². The van der Waals surface area contributed by atoms with Crippen LogP contribution in [0.2, 0.25) is 0 Å². The molecule has 0 fully saturated rings. The SMILES string of the molecule is CNc1cc(-c2ccc(NC(=O)c3c(-c4ccccc4)noc3C)c(OC)n2)cnc1C=N. The molecule has 0 unspecified atom stereocenters. The molecule has 3 aromatic heterocycles. The highest BCUT2D eigenvalue weighted by atomic mass is 16.5. The molecule has 33 heavy (non-hydrogen) atoms. The Kier molecular flexibility index (Phi) is 6.12. The number of rotatable bonds is 7. The van der Waals surface area contributed by atoms with Crippen molar-refractivity contribution in [1.82, 2.24) is 15.1 Å². The van der Waals surface area contributed by atoms with Crippen LogP contribution in [0.4, 0.5) is 11.4 Å². The number of nitrogens with zero attached hydrogens (tertiary/aromatic N) is 3. The number of methoxy groups -OCH3 is 1. The topological polar surface area (TPSA) is 126 Å². The zero-order valence-electron chi connectivity index (χ0n) is 18.3. The fourth-order valence-corrected chi connectivity index (χ4v) is 3.40. The van der Waals surface area contributed by atoms with Gasteiger partial charge >= 0.3 is 0 Å². The summed E-state index contributed by atoms with van der Waals surface area (Å²) in [5, 5.41) is 17.4. The van der Waals surface area contributed by atoms with E-state index in [1.165, 1.54) is 13.3 Å². The highest BCUT2D eigenvalue weighted by Crippen LogP contribution is 2.30. The van der Waals surface area contributed by atoms with Gasteiger partial charge in [-0.3, -0.25) is 9.78 Å². The first kappa shape index (κ1) is 21.7. The Labute approximate surface area is 190 Å². The van der Waals surface area contributed by atoms with Crippen LogP contribution in [-0.2, 0) is 0 Å². The highest BCUT2D eigenvalue weighted by Gasteiger charge is 2.23. The van der Waals surface area contributed by atoms with Crippen LogP contribution in [0.25, 0.3) is 22.5 Å². The van der Waals surface area contributed by atoms with E-state index >= 15 is 0 Å². The second-order valence-corrected chi connectivity index (χ2v) is 7.09. The van der Waals surface area contributed by atoms with Crippen molar-refractivity contribution in [2.75, 3.05) is 24.8 Å². The first-order chi connectivity index (χ1) is 16.0. The van der Waals surface area contributed by atoms with E-state index < -0.39 is 0 Å². The Hall–Kier alpha value is -4.53. The van der Waals surface area contributed by atoms with Crippen LogP contribution in [0, 0.1) is 12.3 Å². The lowest BCUT2D eigenvalue weighted by molar-refractivity contribution is 0.102. The summed E-state index contributed by atoms with van der Waals surface area (Å²) in [5.74, 6) is 0.278. The molecule has 4 aromatic rings. The first-order valence-electron chi connectivity index (χ1n) is 10.1. The normalized spacial score (nSPS) is 10.5. The maximum atomic E-state index is 13.1. The largest absolute Gasteiger partial charge is 0.479 e. The van der Waals surface area contributed by atoms with E-state index in [4.69, 9.17) is 14.7 Å². The molecular weight excluding hydrogens is 420 g/mol. The van der Waals surface area contributed by atoms with Gasteiger partial charge in [-0.2, -0.15) is 0 Å². The number of aryl methyl sites for hydroxylation is 1. The summed E-state index contributed by atoms with van der Waals surface area (Å²) in [6.45, 7) is 1.69. The third kappa shape index (κ3) is 4.29. The Morgan fingerprint density at radius 2 is 1.91 bits per heavy atom. The minimum atomic E-state index is -0.380. The minimum Gasteiger partial charge on any atom is -0.479 e. The van der Waals surface area contributed by atoms with E-state index in [0.29, 0.717) is 39.8 Å². The number of hydrogen-bond acceptors (Lipinski definition) is 8. The summed E-state index contributed by atoms with van der Waals surface area (Å²) >= 11 is 0. The van der Waals surface area contributed by atoms with Crippen LogP contribution in [0.15, 0.2) is 59.3 Å². The van der Waals surface area contributed by atoms with Gasteiger partial charge in [0.25, 0.3) is 5.91 Å². The molecule has 0 aliphatic heterocycles. The number of carbonyl (C=O) groups excluding carboxylic acids is 1. The molecule has 1 amide bonds. The number of pyridine rings is 2. The van der Waals surface area contributed by atoms with Crippen molar-refractivity contribution in [2.24, 2.45) is 0 Å². The van der Waals surface area contributed by atoms with Gasteiger partial charge in [0.05, 0.1) is 18.5 Å². The smallest absolute Gasteiger partial charge is 0.261 e. The van der Waals surface area contributed by atoms with Gasteiger partial charge in [-0.15, -0.1) is 0 Å². The number of anilines is 2. The van der Waals surface area contributed by atoms with E-state index in [1.54, 1.807) is 32.3 Å². The molecule has 1 aromatic carbocycles. The summed E-state index contributed by atoms with van der Waals surface area (Å²) in [6, 6.07) is 14.7. The predicted molar refractivity (Wildman–Crippen MR) is 126 cm³/mol. The van der Waals surface area contributed by atoms with Gasteiger partial charge in [0.2, 0.25) is 5.88 Å². The molecule has 0 saturated carbocycles. The number of ether oxygens (including phenoxy) is 1. The molecular formula is C24H22N6O3. The molecule has 0 aliphatic carbocycles. The van der Waals surface area contributed by atoms with Gasteiger partial charge in [-0.1, -0.05) is 35.5 Å². The minimum absolute atomic E-state index is 0.248. The van der Waals surface area contributed by atoms with Crippen LogP contribution >= 0.6 is 0 Å². The van der Waals surface area contributed by atoms with Gasteiger partial charge in [0.15, 0.2) is 0 Å². The fourth-order valence-electron chi connectivity index (χ4n) is 3.40. The zero-order chi connectivity index (χ0) is 23.4. The summed E-state index contributed by atoms with van der Waals surface area (Å²) in [6.07, 6.45) is 2.81. The molecule has 9 nitrogen and oxygen atoms in total. The van der Waals surface area contributed by atoms with Crippen molar-refractivity contribution < 1.29 is 14.1 Å². The summed E-state index contributed by atoms with van der Waals surface area (Å²) in [4.78, 5) is 21.9. The number of benzene rings is 1. The molecule has 0 atom stereocenters.